The van der Waals surface area contributed by atoms with E-state index in [9.17, 15) is 0 Å². The largest absolute Gasteiger partial charge is 0.314 e. The summed E-state index contributed by atoms with van der Waals surface area (Å²) in [6.45, 7) is 6.05. The number of likely N-dealkylation sites (tertiary alicyclic amines) is 1. The summed E-state index contributed by atoms with van der Waals surface area (Å²) in [4.78, 5) is 2.45. The summed E-state index contributed by atoms with van der Waals surface area (Å²) in [7, 11) is 2.23. The zero-order chi connectivity index (χ0) is 9.10. The molecular formula is C10H21N3. The van der Waals surface area contributed by atoms with Gasteiger partial charge >= 0.3 is 0 Å². The maximum Gasteiger partial charge on any atom is 0.0196 e. The summed E-state index contributed by atoms with van der Waals surface area (Å²) in [5.74, 6) is 0.933. The summed E-state index contributed by atoms with van der Waals surface area (Å²) in [6.07, 6.45) is 2.76. The highest BCUT2D eigenvalue weighted by Crippen LogP contribution is 2.19. The molecule has 2 aliphatic rings. The molecule has 0 aliphatic carbocycles. The molecule has 0 bridgehead atoms. The fraction of sp³-hybridized carbons (Fsp3) is 1.00. The molecule has 0 aromatic heterocycles. The van der Waals surface area contributed by atoms with Crippen molar-refractivity contribution in [3.63, 3.8) is 0 Å². The summed E-state index contributed by atoms with van der Waals surface area (Å²) < 4.78 is 0. The van der Waals surface area contributed by atoms with Crippen molar-refractivity contribution in [1.29, 1.82) is 0 Å². The Balaban J connectivity index is 1.71. The van der Waals surface area contributed by atoms with Crippen molar-refractivity contribution in [2.75, 3.05) is 39.8 Å². The third kappa shape index (κ3) is 2.66. The minimum absolute atomic E-state index is 0.727. The Kier molecular flexibility index (Phi) is 3.19. The van der Waals surface area contributed by atoms with Crippen molar-refractivity contribution in [3.8, 4) is 0 Å². The van der Waals surface area contributed by atoms with Gasteiger partial charge in [-0.05, 0) is 32.4 Å². The number of rotatable bonds is 2. The first-order chi connectivity index (χ1) is 6.34. The average Bonchev–Trinajstić information content (AvgIpc) is 2.53. The summed E-state index contributed by atoms with van der Waals surface area (Å²) in [5, 5.41) is 7.02. The van der Waals surface area contributed by atoms with Gasteiger partial charge in [0.05, 0.1) is 0 Å². The Morgan fingerprint density at radius 3 is 2.92 bits per heavy atom. The van der Waals surface area contributed by atoms with Gasteiger partial charge in [-0.3, -0.25) is 0 Å². The van der Waals surface area contributed by atoms with Crippen molar-refractivity contribution in [1.82, 2.24) is 15.5 Å². The first kappa shape index (κ1) is 9.44. The zero-order valence-corrected chi connectivity index (χ0v) is 8.55. The molecule has 76 valence electrons. The van der Waals surface area contributed by atoms with Gasteiger partial charge in [-0.2, -0.15) is 0 Å². The fourth-order valence-corrected chi connectivity index (χ4v) is 2.50. The summed E-state index contributed by atoms with van der Waals surface area (Å²) in [5.41, 5.74) is 0. The van der Waals surface area contributed by atoms with E-state index in [1.54, 1.807) is 0 Å². The predicted octanol–water partition coefficient (Wildman–Crippen LogP) is -0.110. The SMILES string of the molecule is CN1CCC(CC2CNCCN2)C1. The van der Waals surface area contributed by atoms with Gasteiger partial charge in [0.1, 0.15) is 0 Å². The number of piperazine rings is 1. The molecule has 3 nitrogen and oxygen atoms in total. The second-order valence-electron chi connectivity index (χ2n) is 4.51. The minimum Gasteiger partial charge on any atom is -0.314 e. The number of nitrogens with zero attached hydrogens (tertiary/aromatic N) is 1. The van der Waals surface area contributed by atoms with Crippen molar-refractivity contribution in [2.24, 2.45) is 5.92 Å². The Morgan fingerprint density at radius 2 is 2.31 bits per heavy atom. The van der Waals surface area contributed by atoms with E-state index in [0.717, 1.165) is 25.0 Å². The maximum atomic E-state index is 3.58. The molecule has 2 aliphatic heterocycles. The highest BCUT2D eigenvalue weighted by Gasteiger charge is 2.23. The molecule has 2 atom stereocenters. The molecule has 0 spiro atoms. The van der Waals surface area contributed by atoms with E-state index in [4.69, 9.17) is 0 Å². The summed E-state index contributed by atoms with van der Waals surface area (Å²) >= 11 is 0. The van der Waals surface area contributed by atoms with E-state index in [1.165, 1.54) is 32.5 Å². The Hall–Kier alpha value is -0.120. The second kappa shape index (κ2) is 4.40. The molecule has 0 amide bonds. The molecule has 3 heteroatoms. The topological polar surface area (TPSA) is 27.3 Å². The van der Waals surface area contributed by atoms with Crippen LogP contribution in [0.5, 0.6) is 0 Å². The lowest BCUT2D eigenvalue weighted by atomic mass is 9.98. The van der Waals surface area contributed by atoms with Gasteiger partial charge in [0, 0.05) is 32.2 Å². The van der Waals surface area contributed by atoms with Gasteiger partial charge in [-0.25, -0.2) is 0 Å². The lowest BCUT2D eigenvalue weighted by Gasteiger charge is -2.26. The van der Waals surface area contributed by atoms with Gasteiger partial charge < -0.3 is 15.5 Å². The van der Waals surface area contributed by atoms with Crippen LogP contribution in [0.3, 0.4) is 0 Å². The molecule has 0 saturated carbocycles. The van der Waals surface area contributed by atoms with Gasteiger partial charge in [-0.1, -0.05) is 0 Å². The van der Waals surface area contributed by atoms with E-state index in [2.05, 4.69) is 22.6 Å². The molecule has 2 fully saturated rings. The van der Waals surface area contributed by atoms with E-state index in [1.807, 2.05) is 0 Å². The second-order valence-corrected chi connectivity index (χ2v) is 4.51. The van der Waals surface area contributed by atoms with Gasteiger partial charge in [-0.15, -0.1) is 0 Å². The molecule has 0 aromatic carbocycles. The minimum atomic E-state index is 0.727. The van der Waals surface area contributed by atoms with Crippen molar-refractivity contribution < 1.29 is 0 Å². The lowest BCUT2D eigenvalue weighted by molar-refractivity contribution is 0.329. The van der Waals surface area contributed by atoms with Gasteiger partial charge in [0.15, 0.2) is 0 Å². The van der Waals surface area contributed by atoms with Crippen LogP contribution in [0.25, 0.3) is 0 Å². The predicted molar refractivity (Wildman–Crippen MR) is 54.9 cm³/mol. The van der Waals surface area contributed by atoms with Gasteiger partial charge in [0.25, 0.3) is 0 Å². The highest BCUT2D eigenvalue weighted by molar-refractivity contribution is 4.82. The van der Waals surface area contributed by atoms with Crippen LogP contribution in [0.1, 0.15) is 12.8 Å². The van der Waals surface area contributed by atoms with Crippen molar-refractivity contribution in [3.05, 3.63) is 0 Å². The van der Waals surface area contributed by atoms with Crippen molar-refractivity contribution >= 4 is 0 Å². The standard InChI is InChI=1S/C10H21N3/c1-13-5-2-9(8-13)6-10-7-11-3-4-12-10/h9-12H,2-8H2,1H3. The third-order valence-electron chi connectivity index (χ3n) is 3.23. The Morgan fingerprint density at radius 1 is 1.38 bits per heavy atom. The van der Waals surface area contributed by atoms with Crippen LogP contribution >= 0.6 is 0 Å². The van der Waals surface area contributed by atoms with Crippen LogP contribution in [-0.2, 0) is 0 Å². The smallest absolute Gasteiger partial charge is 0.0196 e. The molecule has 2 saturated heterocycles. The van der Waals surface area contributed by atoms with E-state index in [-0.39, 0.29) is 0 Å². The average molecular weight is 183 g/mol. The molecule has 2 N–H and O–H groups in total. The van der Waals surface area contributed by atoms with E-state index >= 15 is 0 Å². The quantitative estimate of drug-likeness (QED) is 0.625. The molecule has 0 radical (unpaired) electrons. The number of hydrogen-bond acceptors (Lipinski definition) is 3. The monoisotopic (exact) mass is 183 g/mol. The van der Waals surface area contributed by atoms with Crippen LogP contribution in [-0.4, -0.2) is 50.7 Å². The number of nitrogens with one attached hydrogen (secondary N) is 2. The van der Waals surface area contributed by atoms with E-state index < -0.39 is 0 Å². The molecule has 2 heterocycles. The first-order valence-corrected chi connectivity index (χ1v) is 5.47. The maximum absolute atomic E-state index is 3.58. The van der Waals surface area contributed by atoms with Crippen LogP contribution in [0.15, 0.2) is 0 Å². The molecule has 13 heavy (non-hydrogen) atoms. The Labute approximate surface area is 80.9 Å². The normalized spacial score (nSPS) is 36.7. The van der Waals surface area contributed by atoms with Crippen LogP contribution in [0.2, 0.25) is 0 Å². The molecule has 2 unspecified atom stereocenters. The van der Waals surface area contributed by atoms with E-state index in [0.29, 0.717) is 0 Å². The first-order valence-electron chi connectivity index (χ1n) is 5.47. The Bertz CT molecular complexity index is 151. The highest BCUT2D eigenvalue weighted by atomic mass is 15.1. The van der Waals surface area contributed by atoms with Crippen molar-refractivity contribution in [2.45, 2.75) is 18.9 Å². The summed E-state index contributed by atoms with van der Waals surface area (Å²) in [6, 6.07) is 0.727. The zero-order valence-electron chi connectivity index (χ0n) is 8.55. The third-order valence-corrected chi connectivity index (χ3v) is 3.23. The van der Waals surface area contributed by atoms with Crippen LogP contribution in [0.4, 0.5) is 0 Å². The van der Waals surface area contributed by atoms with Gasteiger partial charge in [0.2, 0.25) is 0 Å². The van der Waals surface area contributed by atoms with Crippen LogP contribution in [0, 0.1) is 5.92 Å². The lowest BCUT2D eigenvalue weighted by Crippen LogP contribution is -2.49. The number of hydrogen-bond donors (Lipinski definition) is 2. The molecule has 2 rings (SSSR count). The molecule has 0 aromatic rings. The fourth-order valence-electron chi connectivity index (χ4n) is 2.50. The van der Waals surface area contributed by atoms with Crippen LogP contribution < -0.4 is 10.6 Å². The molecular weight excluding hydrogens is 162 g/mol.